The van der Waals surface area contributed by atoms with Gasteiger partial charge in [0, 0.05) is 38.4 Å². The summed E-state index contributed by atoms with van der Waals surface area (Å²) in [6.07, 6.45) is 4.83. The van der Waals surface area contributed by atoms with Gasteiger partial charge in [-0.2, -0.15) is 10.2 Å². The quantitative estimate of drug-likeness (QED) is 0.512. The first-order chi connectivity index (χ1) is 14.4. The average Bonchev–Trinajstić information content (AvgIpc) is 3.28. The van der Waals surface area contributed by atoms with E-state index in [1.54, 1.807) is 22.6 Å². The summed E-state index contributed by atoms with van der Waals surface area (Å²) in [5, 5.41) is 11.7. The van der Waals surface area contributed by atoms with Crippen molar-refractivity contribution in [2.45, 2.75) is 33.4 Å². The molecule has 154 valence electrons. The lowest BCUT2D eigenvalue weighted by molar-refractivity contribution is -0.121. The van der Waals surface area contributed by atoms with Crippen LogP contribution in [0, 0.1) is 13.8 Å². The molecule has 0 bridgehead atoms. The minimum Gasteiger partial charge on any atom is -0.352 e. The molecule has 0 aliphatic carbocycles. The monoisotopic (exact) mass is 406 g/mol. The van der Waals surface area contributed by atoms with E-state index in [1.807, 2.05) is 32.0 Å². The Morgan fingerprint density at radius 2 is 2.00 bits per heavy atom. The van der Waals surface area contributed by atoms with Gasteiger partial charge in [-0.05, 0) is 31.5 Å². The molecule has 4 heterocycles. The number of aromatic nitrogens is 7. The summed E-state index contributed by atoms with van der Waals surface area (Å²) in [5.74, 6) is 0.573. The van der Waals surface area contributed by atoms with Crippen LogP contribution in [0.15, 0.2) is 41.7 Å². The van der Waals surface area contributed by atoms with Crippen molar-refractivity contribution in [3.8, 4) is 5.82 Å². The predicted octanol–water partition coefficient (Wildman–Crippen LogP) is 1.03. The molecule has 1 N–H and O–H groups in total. The normalized spacial score (nSPS) is 11.2. The van der Waals surface area contributed by atoms with Crippen molar-refractivity contribution < 1.29 is 4.79 Å². The van der Waals surface area contributed by atoms with Crippen LogP contribution >= 0.6 is 0 Å². The number of hydrogen-bond donors (Lipinski definition) is 1. The highest BCUT2D eigenvalue weighted by atomic mass is 16.1. The molecule has 0 saturated carbocycles. The number of carbonyl (C=O) groups excluding carboxylic acids is 1. The minimum atomic E-state index is -0.204. The van der Waals surface area contributed by atoms with E-state index in [1.165, 1.54) is 17.1 Å². The SMILES string of the molecule is Cc1cc(C)n(-c2ccc(CNC(=O)CCn3cnc4c(cnn4C)c3=O)cn2)n1. The maximum atomic E-state index is 12.4. The number of fused-ring (bicyclic) bond motifs is 1. The number of amides is 1. The van der Waals surface area contributed by atoms with Crippen molar-refractivity contribution in [3.63, 3.8) is 0 Å². The third kappa shape index (κ3) is 3.84. The van der Waals surface area contributed by atoms with Crippen molar-refractivity contribution in [2.75, 3.05) is 0 Å². The van der Waals surface area contributed by atoms with Crippen LogP contribution in [0.1, 0.15) is 23.4 Å². The molecule has 0 aliphatic heterocycles. The first-order valence-corrected chi connectivity index (χ1v) is 9.55. The number of pyridine rings is 1. The molecule has 0 fully saturated rings. The van der Waals surface area contributed by atoms with Gasteiger partial charge in [-0.15, -0.1) is 0 Å². The molecule has 0 spiro atoms. The predicted molar refractivity (Wildman–Crippen MR) is 110 cm³/mol. The number of aryl methyl sites for hydroxylation is 4. The first-order valence-electron chi connectivity index (χ1n) is 9.55. The molecule has 1 amide bonds. The van der Waals surface area contributed by atoms with E-state index < -0.39 is 0 Å². The maximum Gasteiger partial charge on any atom is 0.264 e. The van der Waals surface area contributed by atoms with E-state index >= 15 is 0 Å². The Balaban J connectivity index is 1.33. The van der Waals surface area contributed by atoms with Crippen LogP contribution in [0.3, 0.4) is 0 Å². The number of nitrogens with zero attached hydrogens (tertiary/aromatic N) is 7. The van der Waals surface area contributed by atoms with Gasteiger partial charge in [0.15, 0.2) is 11.5 Å². The zero-order valence-electron chi connectivity index (χ0n) is 17.0. The fraction of sp³-hybridized carbons (Fsp3) is 0.300. The number of hydrogen-bond acceptors (Lipinski definition) is 6. The summed E-state index contributed by atoms with van der Waals surface area (Å²) < 4.78 is 4.75. The van der Waals surface area contributed by atoms with Crippen molar-refractivity contribution in [1.29, 1.82) is 0 Å². The third-order valence-corrected chi connectivity index (χ3v) is 4.82. The van der Waals surface area contributed by atoms with E-state index in [-0.39, 0.29) is 24.4 Å². The molecule has 0 unspecified atom stereocenters. The summed E-state index contributed by atoms with van der Waals surface area (Å²) in [5.41, 5.74) is 3.14. The molecule has 0 saturated heterocycles. The minimum absolute atomic E-state index is 0.157. The molecule has 10 nitrogen and oxygen atoms in total. The Labute approximate surface area is 172 Å². The van der Waals surface area contributed by atoms with Crippen molar-refractivity contribution in [2.24, 2.45) is 7.05 Å². The average molecular weight is 406 g/mol. The summed E-state index contributed by atoms with van der Waals surface area (Å²) in [6.45, 7) is 4.52. The van der Waals surface area contributed by atoms with Crippen LogP contribution < -0.4 is 10.9 Å². The first kappa shape index (κ1) is 19.5. The number of nitrogens with one attached hydrogen (secondary N) is 1. The van der Waals surface area contributed by atoms with E-state index in [9.17, 15) is 9.59 Å². The molecule has 0 aliphatic rings. The van der Waals surface area contributed by atoms with Gasteiger partial charge in [-0.1, -0.05) is 6.07 Å². The second-order valence-electron chi connectivity index (χ2n) is 7.14. The van der Waals surface area contributed by atoms with E-state index in [4.69, 9.17) is 0 Å². The molecule has 30 heavy (non-hydrogen) atoms. The van der Waals surface area contributed by atoms with E-state index in [0.29, 0.717) is 17.6 Å². The van der Waals surface area contributed by atoms with Crippen LogP contribution in [0.4, 0.5) is 0 Å². The number of rotatable bonds is 6. The fourth-order valence-corrected chi connectivity index (χ4v) is 3.24. The topological polar surface area (TPSA) is 113 Å². The molecule has 4 aromatic heterocycles. The Morgan fingerprint density at radius 3 is 2.70 bits per heavy atom. The van der Waals surface area contributed by atoms with Gasteiger partial charge < -0.3 is 5.32 Å². The Bertz CT molecular complexity index is 1270. The molecular weight excluding hydrogens is 384 g/mol. The zero-order valence-corrected chi connectivity index (χ0v) is 17.0. The van der Waals surface area contributed by atoms with E-state index in [2.05, 4.69) is 25.5 Å². The van der Waals surface area contributed by atoms with Gasteiger partial charge in [-0.25, -0.2) is 14.6 Å². The van der Waals surface area contributed by atoms with Gasteiger partial charge in [0.2, 0.25) is 5.91 Å². The lowest BCUT2D eigenvalue weighted by Crippen LogP contribution is -2.27. The highest BCUT2D eigenvalue weighted by Crippen LogP contribution is 2.10. The van der Waals surface area contributed by atoms with Crippen molar-refractivity contribution in [1.82, 2.24) is 39.4 Å². The zero-order chi connectivity index (χ0) is 21.3. The molecule has 4 aromatic rings. The lowest BCUT2D eigenvalue weighted by atomic mass is 10.2. The summed E-state index contributed by atoms with van der Waals surface area (Å²) in [6, 6.07) is 5.77. The van der Waals surface area contributed by atoms with Crippen molar-refractivity contribution in [3.05, 3.63) is 64.2 Å². The number of carbonyl (C=O) groups is 1. The highest BCUT2D eigenvalue weighted by Gasteiger charge is 2.10. The van der Waals surface area contributed by atoms with Crippen molar-refractivity contribution >= 4 is 16.9 Å². The lowest BCUT2D eigenvalue weighted by Gasteiger charge is -2.08. The largest absolute Gasteiger partial charge is 0.352 e. The highest BCUT2D eigenvalue weighted by molar-refractivity contribution is 5.76. The van der Waals surface area contributed by atoms with Crippen LogP contribution in [0.5, 0.6) is 0 Å². The fourth-order valence-electron chi connectivity index (χ4n) is 3.24. The molecule has 10 heteroatoms. The van der Waals surface area contributed by atoms with Gasteiger partial charge in [0.05, 0.1) is 18.2 Å². The Morgan fingerprint density at radius 1 is 1.17 bits per heavy atom. The summed E-state index contributed by atoms with van der Waals surface area (Å²) >= 11 is 0. The van der Waals surface area contributed by atoms with E-state index in [0.717, 1.165) is 22.8 Å². The van der Waals surface area contributed by atoms with Crippen LogP contribution in [0.2, 0.25) is 0 Å². The summed E-state index contributed by atoms with van der Waals surface area (Å²) in [4.78, 5) is 33.3. The second kappa shape index (κ2) is 7.90. The standard InChI is InChI=1S/C20H22N8O2/c1-13-8-14(2)28(25-13)17-5-4-15(9-21-17)10-22-18(29)6-7-27-12-23-19-16(20(27)30)11-24-26(19)3/h4-5,8-9,11-12H,6-7,10H2,1-3H3,(H,22,29). The molecule has 0 aromatic carbocycles. The second-order valence-corrected chi connectivity index (χ2v) is 7.14. The van der Waals surface area contributed by atoms with Crippen LogP contribution in [-0.2, 0) is 24.9 Å². The summed E-state index contributed by atoms with van der Waals surface area (Å²) in [7, 11) is 1.73. The Kier molecular flexibility index (Phi) is 5.13. The molecule has 4 rings (SSSR count). The smallest absolute Gasteiger partial charge is 0.264 e. The van der Waals surface area contributed by atoms with Crippen LogP contribution in [-0.4, -0.2) is 40.0 Å². The van der Waals surface area contributed by atoms with Gasteiger partial charge in [0.1, 0.15) is 5.39 Å². The molecular formula is C20H22N8O2. The third-order valence-electron chi connectivity index (χ3n) is 4.82. The molecule has 0 atom stereocenters. The Hall–Kier alpha value is -3.82. The van der Waals surface area contributed by atoms with Gasteiger partial charge >= 0.3 is 0 Å². The van der Waals surface area contributed by atoms with Crippen LogP contribution in [0.25, 0.3) is 16.9 Å². The maximum absolute atomic E-state index is 12.4. The molecule has 0 radical (unpaired) electrons. The van der Waals surface area contributed by atoms with Gasteiger partial charge in [-0.3, -0.25) is 18.8 Å². The van der Waals surface area contributed by atoms with Gasteiger partial charge in [0.25, 0.3) is 5.56 Å².